The second-order valence-corrected chi connectivity index (χ2v) is 6.48. The summed E-state index contributed by atoms with van der Waals surface area (Å²) in [4.78, 5) is 15.4. The van der Waals surface area contributed by atoms with Crippen LogP contribution in [0, 0.1) is 5.82 Å². The largest absolute Gasteiger partial charge is 0.360 e. The number of nitrogens with one attached hydrogen (secondary N) is 2. The van der Waals surface area contributed by atoms with E-state index in [-0.39, 0.29) is 11.7 Å². The Balaban J connectivity index is 1.72. The standard InChI is InChI=1S/C23H19FN2O/c1-25-23(27)21-18(14-20(24)19-11-12-26-22(19)21)13-15-7-9-17(10-8-15)16-5-3-2-4-6-16/h2-12,14,26H,13H2,1H3,(H,25,27). The topological polar surface area (TPSA) is 44.9 Å². The van der Waals surface area contributed by atoms with E-state index in [1.54, 1.807) is 19.3 Å². The molecule has 0 unspecified atom stereocenters. The molecule has 0 radical (unpaired) electrons. The Morgan fingerprint density at radius 3 is 2.41 bits per heavy atom. The molecule has 1 aromatic heterocycles. The number of fused-ring (bicyclic) bond motifs is 1. The molecule has 3 aromatic carbocycles. The molecule has 0 fully saturated rings. The second kappa shape index (κ2) is 7.08. The van der Waals surface area contributed by atoms with E-state index >= 15 is 0 Å². The fraction of sp³-hybridized carbons (Fsp3) is 0.0870. The second-order valence-electron chi connectivity index (χ2n) is 6.48. The van der Waals surface area contributed by atoms with Crippen molar-refractivity contribution in [2.24, 2.45) is 0 Å². The first-order valence-corrected chi connectivity index (χ1v) is 8.82. The molecule has 1 amide bonds. The van der Waals surface area contributed by atoms with E-state index in [9.17, 15) is 9.18 Å². The number of carbonyl (C=O) groups is 1. The summed E-state index contributed by atoms with van der Waals surface area (Å²) in [5.74, 6) is -0.548. The lowest BCUT2D eigenvalue weighted by Gasteiger charge is -2.12. The maximum Gasteiger partial charge on any atom is 0.253 e. The van der Waals surface area contributed by atoms with Gasteiger partial charge in [0.25, 0.3) is 5.91 Å². The molecule has 0 atom stereocenters. The lowest BCUT2D eigenvalue weighted by Crippen LogP contribution is -2.20. The van der Waals surface area contributed by atoms with Crippen LogP contribution in [0.15, 0.2) is 72.9 Å². The number of carbonyl (C=O) groups excluding carboxylic acids is 1. The van der Waals surface area contributed by atoms with Crippen LogP contribution < -0.4 is 5.32 Å². The van der Waals surface area contributed by atoms with E-state index in [1.165, 1.54) is 6.07 Å². The molecule has 0 aliphatic carbocycles. The highest BCUT2D eigenvalue weighted by Crippen LogP contribution is 2.27. The molecule has 4 aromatic rings. The van der Waals surface area contributed by atoms with Gasteiger partial charge in [-0.05, 0) is 40.8 Å². The van der Waals surface area contributed by atoms with Gasteiger partial charge >= 0.3 is 0 Å². The highest BCUT2D eigenvalue weighted by atomic mass is 19.1. The zero-order valence-corrected chi connectivity index (χ0v) is 14.9. The molecule has 0 aliphatic heterocycles. The summed E-state index contributed by atoms with van der Waals surface area (Å²) < 4.78 is 14.5. The SMILES string of the molecule is CNC(=O)c1c(Cc2ccc(-c3ccccc3)cc2)cc(F)c2cc[nH]c12. The number of rotatable bonds is 4. The zero-order valence-electron chi connectivity index (χ0n) is 14.9. The van der Waals surface area contributed by atoms with Crippen LogP contribution in [0.4, 0.5) is 4.39 Å². The normalized spacial score (nSPS) is 10.9. The van der Waals surface area contributed by atoms with Crippen molar-refractivity contribution in [1.29, 1.82) is 0 Å². The molecule has 0 spiro atoms. The van der Waals surface area contributed by atoms with Crippen LogP contribution in [-0.2, 0) is 6.42 Å². The minimum Gasteiger partial charge on any atom is -0.360 e. The minimum absolute atomic E-state index is 0.224. The van der Waals surface area contributed by atoms with Gasteiger partial charge in [0.2, 0.25) is 0 Å². The number of amides is 1. The summed E-state index contributed by atoms with van der Waals surface area (Å²) in [5, 5.41) is 3.09. The van der Waals surface area contributed by atoms with Gasteiger partial charge in [-0.3, -0.25) is 4.79 Å². The Bertz CT molecular complexity index is 1100. The lowest BCUT2D eigenvalue weighted by molar-refractivity contribution is 0.0964. The third-order valence-electron chi connectivity index (χ3n) is 4.79. The third-order valence-corrected chi connectivity index (χ3v) is 4.79. The van der Waals surface area contributed by atoms with Gasteiger partial charge in [0, 0.05) is 18.6 Å². The van der Waals surface area contributed by atoms with Crippen molar-refractivity contribution in [3.8, 4) is 11.1 Å². The Kier molecular flexibility index (Phi) is 4.47. The van der Waals surface area contributed by atoms with Gasteiger partial charge in [0.05, 0.1) is 11.1 Å². The van der Waals surface area contributed by atoms with Crippen LogP contribution in [-0.4, -0.2) is 17.9 Å². The third kappa shape index (κ3) is 3.22. The lowest BCUT2D eigenvalue weighted by atomic mass is 9.95. The number of aromatic amines is 1. The molecule has 1 heterocycles. The Hall–Kier alpha value is -3.40. The predicted octanol–water partition coefficient (Wildman–Crippen LogP) is 4.92. The van der Waals surface area contributed by atoms with Crippen LogP contribution in [0.5, 0.6) is 0 Å². The van der Waals surface area contributed by atoms with Gasteiger partial charge in [-0.15, -0.1) is 0 Å². The van der Waals surface area contributed by atoms with E-state index in [0.717, 1.165) is 16.7 Å². The van der Waals surface area contributed by atoms with Crippen molar-refractivity contribution in [3.63, 3.8) is 0 Å². The van der Waals surface area contributed by atoms with Gasteiger partial charge in [-0.25, -0.2) is 4.39 Å². The van der Waals surface area contributed by atoms with E-state index in [1.807, 2.05) is 42.5 Å². The quantitative estimate of drug-likeness (QED) is 0.534. The number of halogens is 1. The molecule has 0 saturated heterocycles. The van der Waals surface area contributed by atoms with Crippen molar-refractivity contribution in [2.75, 3.05) is 7.05 Å². The average Bonchev–Trinajstić information content (AvgIpc) is 3.19. The smallest absolute Gasteiger partial charge is 0.253 e. The number of hydrogen-bond donors (Lipinski definition) is 2. The summed E-state index contributed by atoms with van der Waals surface area (Å²) in [6, 6.07) is 21.4. The van der Waals surface area contributed by atoms with E-state index in [0.29, 0.717) is 28.5 Å². The number of benzene rings is 3. The summed E-state index contributed by atoms with van der Waals surface area (Å²) in [6.45, 7) is 0. The molecule has 134 valence electrons. The number of H-pyrrole nitrogens is 1. The van der Waals surface area contributed by atoms with Crippen molar-refractivity contribution < 1.29 is 9.18 Å². The molecule has 2 N–H and O–H groups in total. The molecule has 4 heteroatoms. The first kappa shape index (κ1) is 17.0. The monoisotopic (exact) mass is 358 g/mol. The Morgan fingerprint density at radius 1 is 1.00 bits per heavy atom. The van der Waals surface area contributed by atoms with E-state index < -0.39 is 0 Å². The zero-order chi connectivity index (χ0) is 18.8. The van der Waals surface area contributed by atoms with Gasteiger partial charge in [-0.2, -0.15) is 0 Å². The van der Waals surface area contributed by atoms with Crippen molar-refractivity contribution in [3.05, 3.63) is 95.4 Å². The van der Waals surface area contributed by atoms with Gasteiger partial charge in [-0.1, -0.05) is 54.6 Å². The highest BCUT2D eigenvalue weighted by Gasteiger charge is 2.18. The number of aromatic nitrogens is 1. The van der Waals surface area contributed by atoms with Crippen molar-refractivity contribution in [1.82, 2.24) is 10.3 Å². The summed E-state index contributed by atoms with van der Waals surface area (Å²) in [7, 11) is 1.58. The summed E-state index contributed by atoms with van der Waals surface area (Å²) in [6.07, 6.45) is 2.13. The molecule has 0 saturated carbocycles. The van der Waals surface area contributed by atoms with Gasteiger partial charge in [0.1, 0.15) is 5.82 Å². The Morgan fingerprint density at radius 2 is 1.70 bits per heavy atom. The molecule has 4 rings (SSSR count). The van der Waals surface area contributed by atoms with E-state index in [2.05, 4.69) is 22.4 Å². The molecule has 0 bridgehead atoms. The van der Waals surface area contributed by atoms with Crippen LogP contribution in [0.1, 0.15) is 21.5 Å². The van der Waals surface area contributed by atoms with E-state index in [4.69, 9.17) is 0 Å². The first-order valence-electron chi connectivity index (χ1n) is 8.82. The van der Waals surface area contributed by atoms with Crippen LogP contribution in [0.2, 0.25) is 0 Å². The van der Waals surface area contributed by atoms with Gasteiger partial charge < -0.3 is 10.3 Å². The maximum atomic E-state index is 14.5. The highest BCUT2D eigenvalue weighted by molar-refractivity contribution is 6.07. The molecule has 0 aliphatic rings. The van der Waals surface area contributed by atoms with Crippen molar-refractivity contribution >= 4 is 16.8 Å². The van der Waals surface area contributed by atoms with Crippen LogP contribution >= 0.6 is 0 Å². The summed E-state index contributed by atoms with van der Waals surface area (Å²) in [5.41, 5.74) is 4.97. The number of hydrogen-bond acceptors (Lipinski definition) is 1. The fourth-order valence-electron chi connectivity index (χ4n) is 3.43. The predicted molar refractivity (Wildman–Crippen MR) is 106 cm³/mol. The average molecular weight is 358 g/mol. The van der Waals surface area contributed by atoms with Crippen LogP contribution in [0.3, 0.4) is 0 Å². The first-order chi connectivity index (χ1) is 13.2. The molecule has 3 nitrogen and oxygen atoms in total. The molecule has 27 heavy (non-hydrogen) atoms. The van der Waals surface area contributed by atoms with Gasteiger partial charge in [0.15, 0.2) is 0 Å². The fourth-order valence-corrected chi connectivity index (χ4v) is 3.43. The van der Waals surface area contributed by atoms with Crippen molar-refractivity contribution in [2.45, 2.75) is 6.42 Å². The van der Waals surface area contributed by atoms with Crippen LogP contribution in [0.25, 0.3) is 22.0 Å². The minimum atomic E-state index is -0.324. The molecular weight excluding hydrogens is 339 g/mol. The maximum absolute atomic E-state index is 14.5. The molecular formula is C23H19FN2O. The summed E-state index contributed by atoms with van der Waals surface area (Å²) >= 11 is 0. The Labute approximate surface area is 156 Å².